The summed E-state index contributed by atoms with van der Waals surface area (Å²) in [5.41, 5.74) is 0.160. The van der Waals surface area contributed by atoms with Crippen LogP contribution in [0.4, 0.5) is 0 Å². The highest BCUT2D eigenvalue weighted by molar-refractivity contribution is 9.10. The molecule has 0 atom stereocenters. The van der Waals surface area contributed by atoms with Gasteiger partial charge >= 0.3 is 0 Å². The lowest BCUT2D eigenvalue weighted by Gasteiger charge is -2.23. The second-order valence-corrected chi connectivity index (χ2v) is 6.46. The van der Waals surface area contributed by atoms with Gasteiger partial charge in [0.2, 0.25) is 0 Å². The highest BCUT2D eigenvalue weighted by Crippen LogP contribution is 2.27. The number of rotatable bonds is 5. The molecule has 2 rings (SSSR count). The number of furan rings is 1. The van der Waals surface area contributed by atoms with Crippen LogP contribution in [0, 0.1) is 0 Å². The molecule has 0 saturated carbocycles. The van der Waals surface area contributed by atoms with Gasteiger partial charge in [0.25, 0.3) is 0 Å². The van der Waals surface area contributed by atoms with Gasteiger partial charge in [-0.2, -0.15) is 0 Å². The maximum absolute atomic E-state index is 5.36. The Labute approximate surface area is 114 Å². The third kappa shape index (κ3) is 3.21. The Morgan fingerprint density at radius 1 is 1.41 bits per heavy atom. The van der Waals surface area contributed by atoms with E-state index in [1.165, 1.54) is 4.88 Å². The number of nitrogens with one attached hydrogen (secondary N) is 1. The summed E-state index contributed by atoms with van der Waals surface area (Å²) in [4.78, 5) is 1.41. The van der Waals surface area contributed by atoms with Crippen LogP contribution < -0.4 is 5.32 Å². The van der Waals surface area contributed by atoms with Crippen LogP contribution in [0.3, 0.4) is 0 Å². The van der Waals surface area contributed by atoms with E-state index >= 15 is 0 Å². The number of thiophene rings is 1. The van der Waals surface area contributed by atoms with Crippen LogP contribution in [-0.4, -0.2) is 6.54 Å². The van der Waals surface area contributed by atoms with E-state index in [0.29, 0.717) is 0 Å². The van der Waals surface area contributed by atoms with Gasteiger partial charge in [-0.3, -0.25) is 0 Å². The van der Waals surface area contributed by atoms with Crippen molar-refractivity contribution in [1.82, 2.24) is 5.32 Å². The quantitative estimate of drug-likeness (QED) is 0.896. The van der Waals surface area contributed by atoms with Crippen molar-refractivity contribution in [1.29, 1.82) is 0 Å². The topological polar surface area (TPSA) is 25.2 Å². The molecule has 0 fully saturated rings. The molecular formula is C13H16BrNOS. The lowest BCUT2D eigenvalue weighted by Crippen LogP contribution is -2.31. The van der Waals surface area contributed by atoms with Crippen molar-refractivity contribution in [3.63, 3.8) is 0 Å². The average molecular weight is 314 g/mol. The Morgan fingerprint density at radius 3 is 2.82 bits per heavy atom. The number of hydrogen-bond acceptors (Lipinski definition) is 3. The SMILES string of the molecule is CC(C)(CNCc1occc1Br)c1cccs1. The molecule has 0 bridgehead atoms. The van der Waals surface area contributed by atoms with Gasteiger partial charge in [0.1, 0.15) is 5.76 Å². The minimum atomic E-state index is 0.160. The summed E-state index contributed by atoms with van der Waals surface area (Å²) in [6.45, 7) is 6.19. The minimum Gasteiger partial charge on any atom is -0.467 e. The molecule has 4 heteroatoms. The Bertz CT molecular complexity index is 461. The van der Waals surface area contributed by atoms with Gasteiger partial charge in [-0.15, -0.1) is 11.3 Å². The molecule has 0 aliphatic heterocycles. The van der Waals surface area contributed by atoms with E-state index in [4.69, 9.17) is 4.42 Å². The largest absolute Gasteiger partial charge is 0.467 e. The predicted molar refractivity (Wildman–Crippen MR) is 75.5 cm³/mol. The summed E-state index contributed by atoms with van der Waals surface area (Å²) < 4.78 is 6.39. The predicted octanol–water partition coefficient (Wildman–Crippen LogP) is 4.17. The molecule has 0 saturated heterocycles. The minimum absolute atomic E-state index is 0.160. The van der Waals surface area contributed by atoms with Crippen molar-refractivity contribution >= 4 is 27.3 Å². The van der Waals surface area contributed by atoms with E-state index in [1.807, 2.05) is 17.4 Å². The van der Waals surface area contributed by atoms with Gasteiger partial charge in [-0.25, -0.2) is 0 Å². The monoisotopic (exact) mass is 313 g/mol. The fraction of sp³-hybridized carbons (Fsp3) is 0.385. The normalized spacial score (nSPS) is 11.9. The molecule has 0 aliphatic rings. The lowest BCUT2D eigenvalue weighted by atomic mass is 9.91. The van der Waals surface area contributed by atoms with Crippen molar-refractivity contribution in [2.45, 2.75) is 25.8 Å². The third-order valence-corrected chi connectivity index (χ3v) is 4.67. The Balaban J connectivity index is 1.88. The van der Waals surface area contributed by atoms with Crippen molar-refractivity contribution in [3.8, 4) is 0 Å². The van der Waals surface area contributed by atoms with Crippen LogP contribution in [0.2, 0.25) is 0 Å². The Morgan fingerprint density at radius 2 is 2.24 bits per heavy atom. The average Bonchev–Trinajstić information content (AvgIpc) is 2.90. The zero-order chi connectivity index (χ0) is 12.3. The molecule has 1 N–H and O–H groups in total. The second-order valence-electron chi connectivity index (χ2n) is 4.66. The fourth-order valence-electron chi connectivity index (χ4n) is 1.69. The summed E-state index contributed by atoms with van der Waals surface area (Å²) in [6.07, 6.45) is 1.70. The molecule has 0 radical (unpaired) electrons. The van der Waals surface area contributed by atoms with Gasteiger partial charge in [-0.1, -0.05) is 19.9 Å². The first-order chi connectivity index (χ1) is 8.09. The van der Waals surface area contributed by atoms with Crippen LogP contribution in [0.5, 0.6) is 0 Å². The summed E-state index contributed by atoms with van der Waals surface area (Å²) in [5, 5.41) is 5.57. The van der Waals surface area contributed by atoms with Crippen molar-refractivity contribution in [2.24, 2.45) is 0 Å². The van der Waals surface area contributed by atoms with Crippen molar-refractivity contribution < 1.29 is 4.42 Å². The molecule has 2 aromatic heterocycles. The van der Waals surface area contributed by atoms with Gasteiger partial charge in [-0.05, 0) is 33.4 Å². The van der Waals surface area contributed by atoms with E-state index in [-0.39, 0.29) is 5.41 Å². The molecule has 0 aliphatic carbocycles. The van der Waals surface area contributed by atoms with Gasteiger partial charge in [0.05, 0.1) is 17.3 Å². The lowest BCUT2D eigenvalue weighted by molar-refractivity contribution is 0.435. The Kier molecular flexibility index (Phi) is 4.07. The zero-order valence-electron chi connectivity index (χ0n) is 10.00. The first kappa shape index (κ1) is 12.9. The maximum atomic E-state index is 5.36. The molecule has 0 amide bonds. The van der Waals surface area contributed by atoms with Crippen LogP contribution in [-0.2, 0) is 12.0 Å². The van der Waals surface area contributed by atoms with E-state index in [2.05, 4.69) is 52.6 Å². The molecule has 0 aromatic carbocycles. The molecular weight excluding hydrogens is 298 g/mol. The second kappa shape index (κ2) is 5.38. The smallest absolute Gasteiger partial charge is 0.131 e. The summed E-state index contributed by atoms with van der Waals surface area (Å²) in [7, 11) is 0. The molecule has 2 heterocycles. The first-order valence-electron chi connectivity index (χ1n) is 5.56. The summed E-state index contributed by atoms with van der Waals surface area (Å²) in [5.74, 6) is 0.951. The molecule has 0 unspecified atom stereocenters. The molecule has 17 heavy (non-hydrogen) atoms. The van der Waals surface area contributed by atoms with E-state index in [1.54, 1.807) is 6.26 Å². The summed E-state index contributed by atoms with van der Waals surface area (Å²) >= 11 is 5.26. The third-order valence-electron chi connectivity index (χ3n) is 2.73. The zero-order valence-corrected chi connectivity index (χ0v) is 12.4. The van der Waals surface area contributed by atoms with E-state index in [9.17, 15) is 0 Å². The Hall–Kier alpha value is -0.580. The highest BCUT2D eigenvalue weighted by Gasteiger charge is 2.21. The van der Waals surface area contributed by atoms with Crippen molar-refractivity contribution in [2.75, 3.05) is 6.54 Å². The molecule has 92 valence electrons. The van der Waals surface area contributed by atoms with E-state index in [0.717, 1.165) is 23.3 Å². The van der Waals surface area contributed by atoms with Crippen LogP contribution in [0.25, 0.3) is 0 Å². The number of hydrogen-bond donors (Lipinski definition) is 1. The van der Waals surface area contributed by atoms with Gasteiger partial charge in [0, 0.05) is 16.8 Å². The maximum Gasteiger partial charge on any atom is 0.131 e. The van der Waals surface area contributed by atoms with Gasteiger partial charge < -0.3 is 9.73 Å². The molecule has 2 nitrogen and oxygen atoms in total. The summed E-state index contributed by atoms with van der Waals surface area (Å²) in [6, 6.07) is 6.21. The first-order valence-corrected chi connectivity index (χ1v) is 7.23. The standard InChI is InChI=1S/C13H16BrNOS/c1-13(2,12-4-3-7-17-12)9-15-8-11-10(14)5-6-16-11/h3-7,15H,8-9H2,1-2H3. The van der Waals surface area contributed by atoms with Crippen LogP contribution in [0.1, 0.15) is 24.5 Å². The van der Waals surface area contributed by atoms with E-state index < -0.39 is 0 Å². The van der Waals surface area contributed by atoms with Crippen LogP contribution in [0.15, 0.2) is 38.7 Å². The molecule has 0 spiro atoms. The van der Waals surface area contributed by atoms with Crippen LogP contribution >= 0.6 is 27.3 Å². The fourth-order valence-corrected chi connectivity index (χ4v) is 2.88. The van der Waals surface area contributed by atoms with Crippen molar-refractivity contribution in [3.05, 3.63) is 45.0 Å². The van der Waals surface area contributed by atoms with Gasteiger partial charge in [0.15, 0.2) is 0 Å². The number of halogens is 1. The highest BCUT2D eigenvalue weighted by atomic mass is 79.9. The molecule has 2 aromatic rings.